The summed E-state index contributed by atoms with van der Waals surface area (Å²) in [6.07, 6.45) is 5.85. The van der Waals surface area contributed by atoms with Crippen molar-refractivity contribution in [3.05, 3.63) is 23.9 Å². The summed E-state index contributed by atoms with van der Waals surface area (Å²) in [5.74, 6) is 1.62. The number of thioether (sulfide) groups is 1. The SMILES string of the molecule is CC(C)c1cnc(Sc2ncnc3c2SCCC3)[nH]1. The predicted molar refractivity (Wildman–Crippen MR) is 77.9 cm³/mol. The Morgan fingerprint density at radius 1 is 1.32 bits per heavy atom. The lowest BCUT2D eigenvalue weighted by atomic mass is 10.2. The molecule has 0 radical (unpaired) electrons. The van der Waals surface area contributed by atoms with Crippen LogP contribution in [0.1, 0.15) is 37.6 Å². The Hall–Kier alpha value is -1.01. The first kappa shape index (κ1) is 13.0. The summed E-state index contributed by atoms with van der Waals surface area (Å²) in [6.45, 7) is 4.31. The predicted octanol–water partition coefficient (Wildman–Crippen LogP) is 3.51. The fourth-order valence-corrected chi connectivity index (χ4v) is 4.01. The minimum absolute atomic E-state index is 0.468. The minimum Gasteiger partial charge on any atom is -0.336 e. The summed E-state index contributed by atoms with van der Waals surface area (Å²) in [4.78, 5) is 17.8. The average Bonchev–Trinajstić information content (AvgIpc) is 2.88. The van der Waals surface area contributed by atoms with Crippen molar-refractivity contribution >= 4 is 23.5 Å². The lowest BCUT2D eigenvalue weighted by molar-refractivity contribution is 0.788. The number of hydrogen-bond acceptors (Lipinski definition) is 5. The maximum atomic E-state index is 4.42. The summed E-state index contributed by atoms with van der Waals surface area (Å²) in [5.41, 5.74) is 2.35. The summed E-state index contributed by atoms with van der Waals surface area (Å²) < 4.78 is 0. The number of hydrogen-bond donors (Lipinski definition) is 1. The number of rotatable bonds is 3. The quantitative estimate of drug-likeness (QED) is 0.877. The van der Waals surface area contributed by atoms with E-state index < -0.39 is 0 Å². The van der Waals surface area contributed by atoms with Gasteiger partial charge in [0.1, 0.15) is 11.4 Å². The second-order valence-corrected chi connectivity index (χ2v) is 6.89. The summed E-state index contributed by atoms with van der Waals surface area (Å²) in [7, 11) is 0. The summed E-state index contributed by atoms with van der Waals surface area (Å²) in [6, 6.07) is 0. The second-order valence-electron chi connectivity index (χ2n) is 4.81. The summed E-state index contributed by atoms with van der Waals surface area (Å²) in [5, 5.41) is 1.94. The van der Waals surface area contributed by atoms with E-state index in [2.05, 4.69) is 33.8 Å². The highest BCUT2D eigenvalue weighted by molar-refractivity contribution is 8.02. The molecule has 3 heterocycles. The van der Waals surface area contributed by atoms with Crippen LogP contribution in [0.3, 0.4) is 0 Å². The molecule has 0 bridgehead atoms. The van der Waals surface area contributed by atoms with Crippen molar-refractivity contribution in [3.63, 3.8) is 0 Å². The van der Waals surface area contributed by atoms with Crippen LogP contribution in [0.4, 0.5) is 0 Å². The lowest BCUT2D eigenvalue weighted by Crippen LogP contribution is -2.04. The van der Waals surface area contributed by atoms with Gasteiger partial charge in [0.15, 0.2) is 5.16 Å². The molecule has 0 fully saturated rings. The molecule has 4 nitrogen and oxygen atoms in total. The van der Waals surface area contributed by atoms with Crippen LogP contribution in [-0.2, 0) is 6.42 Å². The van der Waals surface area contributed by atoms with E-state index in [0.717, 1.165) is 28.0 Å². The first-order chi connectivity index (χ1) is 9.24. The number of aryl methyl sites for hydroxylation is 1. The van der Waals surface area contributed by atoms with Crippen LogP contribution in [0, 0.1) is 0 Å². The average molecular weight is 292 g/mol. The Morgan fingerprint density at radius 3 is 3.00 bits per heavy atom. The van der Waals surface area contributed by atoms with E-state index in [1.807, 2.05) is 18.0 Å². The molecule has 0 saturated heterocycles. The zero-order chi connectivity index (χ0) is 13.2. The van der Waals surface area contributed by atoms with Gasteiger partial charge in [-0.05, 0) is 36.3 Å². The van der Waals surface area contributed by atoms with Crippen LogP contribution >= 0.6 is 23.5 Å². The van der Waals surface area contributed by atoms with Gasteiger partial charge in [-0.15, -0.1) is 11.8 Å². The number of imidazole rings is 1. The van der Waals surface area contributed by atoms with Gasteiger partial charge in [-0.1, -0.05) is 13.8 Å². The molecule has 6 heteroatoms. The normalized spacial score (nSPS) is 14.7. The van der Waals surface area contributed by atoms with E-state index in [0.29, 0.717) is 5.92 Å². The van der Waals surface area contributed by atoms with Gasteiger partial charge >= 0.3 is 0 Å². The first-order valence-corrected chi connectivity index (χ1v) is 8.23. The highest BCUT2D eigenvalue weighted by Crippen LogP contribution is 2.37. The van der Waals surface area contributed by atoms with Crippen molar-refractivity contribution < 1.29 is 0 Å². The molecule has 1 aliphatic heterocycles. The van der Waals surface area contributed by atoms with Gasteiger partial charge in [-0.3, -0.25) is 0 Å². The zero-order valence-electron chi connectivity index (χ0n) is 11.0. The molecular formula is C13H16N4S2. The van der Waals surface area contributed by atoms with Crippen LogP contribution in [0.25, 0.3) is 0 Å². The minimum atomic E-state index is 0.468. The van der Waals surface area contributed by atoms with Gasteiger partial charge in [-0.2, -0.15) is 0 Å². The Kier molecular flexibility index (Phi) is 3.79. The van der Waals surface area contributed by atoms with Gasteiger partial charge < -0.3 is 4.98 Å². The third-order valence-corrected chi connectivity index (χ3v) is 5.28. The van der Waals surface area contributed by atoms with Crippen molar-refractivity contribution in [1.82, 2.24) is 19.9 Å². The van der Waals surface area contributed by atoms with Crippen molar-refractivity contribution in [1.29, 1.82) is 0 Å². The molecule has 100 valence electrons. The van der Waals surface area contributed by atoms with Crippen molar-refractivity contribution in [2.45, 2.75) is 47.7 Å². The van der Waals surface area contributed by atoms with E-state index in [-0.39, 0.29) is 0 Å². The molecule has 0 aromatic carbocycles. The molecule has 0 atom stereocenters. The maximum Gasteiger partial charge on any atom is 0.171 e. The Morgan fingerprint density at radius 2 is 2.21 bits per heavy atom. The van der Waals surface area contributed by atoms with Gasteiger partial charge in [0, 0.05) is 11.9 Å². The number of aromatic amines is 1. The Labute approximate surface area is 121 Å². The van der Waals surface area contributed by atoms with Crippen molar-refractivity contribution in [2.24, 2.45) is 0 Å². The molecule has 2 aromatic rings. The van der Waals surface area contributed by atoms with Gasteiger partial charge in [-0.25, -0.2) is 15.0 Å². The second kappa shape index (κ2) is 5.54. The van der Waals surface area contributed by atoms with Crippen LogP contribution in [0.2, 0.25) is 0 Å². The Balaban J connectivity index is 1.86. The fraction of sp³-hybridized carbons (Fsp3) is 0.462. The van der Waals surface area contributed by atoms with Gasteiger partial charge in [0.25, 0.3) is 0 Å². The molecule has 19 heavy (non-hydrogen) atoms. The first-order valence-electron chi connectivity index (χ1n) is 6.43. The van der Waals surface area contributed by atoms with E-state index >= 15 is 0 Å². The third-order valence-electron chi connectivity index (χ3n) is 3.04. The number of nitrogens with zero attached hydrogens (tertiary/aromatic N) is 3. The molecular weight excluding hydrogens is 276 g/mol. The van der Waals surface area contributed by atoms with Crippen molar-refractivity contribution in [2.75, 3.05) is 5.75 Å². The molecule has 1 aliphatic rings. The topological polar surface area (TPSA) is 54.5 Å². The summed E-state index contributed by atoms with van der Waals surface area (Å²) >= 11 is 3.46. The van der Waals surface area contributed by atoms with Crippen LogP contribution in [-0.4, -0.2) is 25.7 Å². The van der Waals surface area contributed by atoms with Gasteiger partial charge in [0.05, 0.1) is 10.6 Å². The van der Waals surface area contributed by atoms with E-state index in [1.165, 1.54) is 17.0 Å². The van der Waals surface area contributed by atoms with Crippen LogP contribution in [0.15, 0.2) is 27.6 Å². The van der Waals surface area contributed by atoms with Crippen molar-refractivity contribution in [3.8, 4) is 0 Å². The van der Waals surface area contributed by atoms with E-state index in [9.17, 15) is 0 Å². The largest absolute Gasteiger partial charge is 0.336 e. The van der Waals surface area contributed by atoms with Gasteiger partial charge in [0.2, 0.25) is 0 Å². The van der Waals surface area contributed by atoms with E-state index in [4.69, 9.17) is 0 Å². The molecule has 0 saturated carbocycles. The van der Waals surface area contributed by atoms with Crippen LogP contribution < -0.4 is 0 Å². The monoisotopic (exact) mass is 292 g/mol. The molecule has 0 amide bonds. The fourth-order valence-electron chi connectivity index (χ4n) is 1.95. The third kappa shape index (κ3) is 2.79. The van der Waals surface area contributed by atoms with E-state index in [1.54, 1.807) is 18.1 Å². The number of fused-ring (bicyclic) bond motifs is 1. The molecule has 2 aromatic heterocycles. The molecule has 1 N–H and O–H groups in total. The molecule has 0 aliphatic carbocycles. The maximum absolute atomic E-state index is 4.42. The zero-order valence-corrected chi connectivity index (χ0v) is 12.6. The van der Waals surface area contributed by atoms with Crippen LogP contribution in [0.5, 0.6) is 0 Å². The smallest absolute Gasteiger partial charge is 0.171 e. The Bertz CT molecular complexity index is 580. The number of aromatic nitrogens is 4. The highest BCUT2D eigenvalue weighted by Gasteiger charge is 2.18. The highest BCUT2D eigenvalue weighted by atomic mass is 32.2. The standard InChI is InChI=1S/C13H16N4S2/c1-8(2)10-6-14-13(17-10)19-12-11-9(15-7-16-12)4-3-5-18-11/h6-8H,3-5H2,1-2H3,(H,14,17). The molecule has 0 spiro atoms. The molecule has 3 rings (SSSR count). The lowest BCUT2D eigenvalue weighted by Gasteiger charge is -2.15. The molecule has 0 unspecified atom stereocenters. The number of nitrogens with one attached hydrogen (secondary N) is 1. The number of H-pyrrole nitrogens is 1.